The van der Waals surface area contributed by atoms with Crippen molar-refractivity contribution in [2.24, 2.45) is 0 Å². The molecule has 128 valence electrons. The van der Waals surface area contributed by atoms with Crippen molar-refractivity contribution >= 4 is 17.2 Å². The van der Waals surface area contributed by atoms with Crippen molar-refractivity contribution in [1.82, 2.24) is 10.3 Å². The van der Waals surface area contributed by atoms with Gasteiger partial charge in [0.2, 0.25) is 0 Å². The molecule has 0 spiro atoms. The van der Waals surface area contributed by atoms with Crippen LogP contribution in [0.5, 0.6) is 0 Å². The van der Waals surface area contributed by atoms with Gasteiger partial charge in [-0.05, 0) is 32.9 Å². The molecule has 1 N–H and O–H groups in total. The van der Waals surface area contributed by atoms with E-state index in [0.717, 1.165) is 39.4 Å². The normalized spacial score (nSPS) is 10.7. The van der Waals surface area contributed by atoms with Crippen LogP contribution in [0.25, 0.3) is 10.6 Å². The van der Waals surface area contributed by atoms with Crippen molar-refractivity contribution in [3.05, 3.63) is 75.8 Å². The number of nitrogens with zero attached hydrogens (tertiary/aromatic N) is 1. The molecule has 0 fully saturated rings. The molecule has 0 aliphatic heterocycles. The number of carbonyl (C=O) groups excluding carboxylic acids is 1. The predicted octanol–water partition coefficient (Wildman–Crippen LogP) is 4.71. The van der Waals surface area contributed by atoms with Gasteiger partial charge in [0.05, 0.1) is 5.69 Å². The van der Waals surface area contributed by atoms with Gasteiger partial charge in [-0.3, -0.25) is 4.79 Å². The first-order valence-electron chi connectivity index (χ1n) is 8.39. The summed E-state index contributed by atoms with van der Waals surface area (Å²) in [7, 11) is 0. The van der Waals surface area contributed by atoms with Crippen LogP contribution in [0.4, 0.5) is 0 Å². The first kappa shape index (κ1) is 17.4. The Kier molecular flexibility index (Phi) is 5.29. The number of hydrogen-bond acceptors (Lipinski definition) is 3. The second-order valence-corrected chi connectivity index (χ2v) is 7.25. The lowest BCUT2D eigenvalue weighted by molar-refractivity contribution is 0.0954. The molecule has 25 heavy (non-hydrogen) atoms. The molecule has 4 heteroatoms. The molecule has 0 bridgehead atoms. The maximum atomic E-state index is 12.3. The highest BCUT2D eigenvalue weighted by Gasteiger charge is 2.08. The fraction of sp³-hybridized carbons (Fsp3) is 0.238. The van der Waals surface area contributed by atoms with Gasteiger partial charge >= 0.3 is 0 Å². The van der Waals surface area contributed by atoms with E-state index in [1.807, 2.05) is 26.0 Å². The molecule has 0 saturated carbocycles. The van der Waals surface area contributed by atoms with E-state index in [4.69, 9.17) is 0 Å². The van der Waals surface area contributed by atoms with Crippen LogP contribution < -0.4 is 5.32 Å². The fourth-order valence-corrected chi connectivity index (χ4v) is 3.62. The number of rotatable bonds is 5. The zero-order chi connectivity index (χ0) is 17.8. The van der Waals surface area contributed by atoms with Gasteiger partial charge in [0.1, 0.15) is 5.01 Å². The molecule has 1 heterocycles. The van der Waals surface area contributed by atoms with E-state index in [9.17, 15) is 4.79 Å². The Hall–Kier alpha value is -2.46. The Morgan fingerprint density at radius 2 is 1.68 bits per heavy atom. The lowest BCUT2D eigenvalue weighted by Gasteiger charge is -2.06. The average molecular weight is 350 g/mol. The second kappa shape index (κ2) is 7.62. The molecular formula is C21H22N2OS. The van der Waals surface area contributed by atoms with Crippen LogP contribution in [0, 0.1) is 20.8 Å². The van der Waals surface area contributed by atoms with Gasteiger partial charge < -0.3 is 5.32 Å². The summed E-state index contributed by atoms with van der Waals surface area (Å²) in [5.41, 5.74) is 6.33. The van der Waals surface area contributed by atoms with Crippen molar-refractivity contribution < 1.29 is 4.79 Å². The van der Waals surface area contributed by atoms with Crippen LogP contribution in [-0.2, 0) is 6.42 Å². The maximum absolute atomic E-state index is 12.3. The molecule has 1 amide bonds. The van der Waals surface area contributed by atoms with E-state index in [-0.39, 0.29) is 5.91 Å². The third-order valence-corrected chi connectivity index (χ3v) is 4.94. The van der Waals surface area contributed by atoms with E-state index in [1.54, 1.807) is 11.3 Å². The Bertz CT molecular complexity index is 861. The molecule has 0 aliphatic carbocycles. The minimum atomic E-state index is -0.0270. The molecule has 0 unspecified atom stereocenters. The summed E-state index contributed by atoms with van der Waals surface area (Å²) in [6, 6.07) is 14.3. The monoisotopic (exact) mass is 350 g/mol. The van der Waals surface area contributed by atoms with E-state index in [1.165, 1.54) is 5.56 Å². The Morgan fingerprint density at radius 1 is 1.00 bits per heavy atom. The smallest absolute Gasteiger partial charge is 0.251 e. The van der Waals surface area contributed by atoms with Gasteiger partial charge in [-0.15, -0.1) is 11.3 Å². The lowest BCUT2D eigenvalue weighted by Crippen LogP contribution is -2.25. The van der Waals surface area contributed by atoms with Gasteiger partial charge in [0, 0.05) is 29.5 Å². The molecule has 0 atom stereocenters. The zero-order valence-corrected chi connectivity index (χ0v) is 15.6. The summed E-state index contributed by atoms with van der Waals surface area (Å²) in [5, 5.41) is 6.08. The number of hydrogen-bond donors (Lipinski definition) is 1. The van der Waals surface area contributed by atoms with E-state index in [2.05, 4.69) is 52.9 Å². The van der Waals surface area contributed by atoms with Gasteiger partial charge in [0.25, 0.3) is 5.91 Å². The highest BCUT2D eigenvalue weighted by Crippen LogP contribution is 2.24. The van der Waals surface area contributed by atoms with Crippen LogP contribution in [0.2, 0.25) is 0 Å². The Morgan fingerprint density at radius 3 is 2.36 bits per heavy atom. The quantitative estimate of drug-likeness (QED) is 0.724. The molecule has 0 saturated heterocycles. The molecule has 2 aromatic carbocycles. The minimum absolute atomic E-state index is 0.0270. The van der Waals surface area contributed by atoms with E-state index in [0.29, 0.717) is 6.54 Å². The Labute approximate surface area is 152 Å². The first-order valence-corrected chi connectivity index (χ1v) is 9.27. The third kappa shape index (κ3) is 4.54. The number of aromatic nitrogens is 1. The largest absolute Gasteiger partial charge is 0.352 e. The first-order chi connectivity index (χ1) is 12.0. The zero-order valence-electron chi connectivity index (χ0n) is 14.8. The summed E-state index contributed by atoms with van der Waals surface area (Å²) in [5.74, 6) is -0.0270. The number of nitrogens with one attached hydrogen (secondary N) is 1. The highest BCUT2D eigenvalue weighted by molar-refractivity contribution is 7.13. The Balaban J connectivity index is 1.57. The van der Waals surface area contributed by atoms with Crippen molar-refractivity contribution in [3.8, 4) is 10.6 Å². The number of aryl methyl sites for hydroxylation is 3. The summed E-state index contributed by atoms with van der Waals surface area (Å²) in [6.45, 7) is 6.68. The van der Waals surface area contributed by atoms with Crippen LogP contribution in [0.15, 0.2) is 47.8 Å². The fourth-order valence-electron chi connectivity index (χ4n) is 2.76. The lowest BCUT2D eigenvalue weighted by atomic mass is 10.1. The third-order valence-electron chi connectivity index (χ3n) is 4.00. The molecule has 0 aliphatic rings. The molecule has 3 nitrogen and oxygen atoms in total. The molecule has 3 aromatic rings. The maximum Gasteiger partial charge on any atom is 0.251 e. The number of carbonyl (C=O) groups is 1. The molecule has 3 rings (SSSR count). The van der Waals surface area contributed by atoms with Gasteiger partial charge in [-0.2, -0.15) is 0 Å². The van der Waals surface area contributed by atoms with Crippen LogP contribution >= 0.6 is 11.3 Å². The van der Waals surface area contributed by atoms with Gasteiger partial charge in [0.15, 0.2) is 0 Å². The van der Waals surface area contributed by atoms with Crippen molar-refractivity contribution in [3.63, 3.8) is 0 Å². The predicted molar refractivity (Wildman–Crippen MR) is 104 cm³/mol. The van der Waals surface area contributed by atoms with Crippen molar-refractivity contribution in [2.75, 3.05) is 6.54 Å². The van der Waals surface area contributed by atoms with Gasteiger partial charge in [-0.25, -0.2) is 4.98 Å². The number of amides is 1. The van der Waals surface area contributed by atoms with Crippen LogP contribution in [-0.4, -0.2) is 17.4 Å². The van der Waals surface area contributed by atoms with E-state index >= 15 is 0 Å². The van der Waals surface area contributed by atoms with Crippen LogP contribution in [0.1, 0.15) is 32.7 Å². The van der Waals surface area contributed by atoms with Gasteiger partial charge in [-0.1, -0.05) is 47.0 Å². The summed E-state index contributed by atoms with van der Waals surface area (Å²) >= 11 is 1.64. The summed E-state index contributed by atoms with van der Waals surface area (Å²) in [4.78, 5) is 16.9. The summed E-state index contributed by atoms with van der Waals surface area (Å²) in [6.07, 6.45) is 0.735. The highest BCUT2D eigenvalue weighted by atomic mass is 32.1. The molecule has 1 aromatic heterocycles. The van der Waals surface area contributed by atoms with Crippen molar-refractivity contribution in [2.45, 2.75) is 27.2 Å². The topological polar surface area (TPSA) is 42.0 Å². The summed E-state index contributed by atoms with van der Waals surface area (Å²) < 4.78 is 0. The standard InChI is InChI=1S/C21H22N2OS/c1-14-4-6-17(7-5-14)21-23-19(13-25-21)8-9-22-20(24)18-11-15(2)10-16(3)12-18/h4-7,10-13H,8-9H2,1-3H3,(H,22,24). The SMILES string of the molecule is Cc1ccc(-c2nc(CCNC(=O)c3cc(C)cc(C)c3)cs2)cc1. The minimum Gasteiger partial charge on any atom is -0.352 e. The van der Waals surface area contributed by atoms with Crippen LogP contribution in [0.3, 0.4) is 0 Å². The molecule has 0 radical (unpaired) electrons. The number of thiazole rings is 1. The van der Waals surface area contributed by atoms with E-state index < -0.39 is 0 Å². The second-order valence-electron chi connectivity index (χ2n) is 6.39. The molecular weight excluding hydrogens is 328 g/mol. The number of benzene rings is 2. The average Bonchev–Trinajstić information content (AvgIpc) is 3.03. The van der Waals surface area contributed by atoms with Crippen molar-refractivity contribution in [1.29, 1.82) is 0 Å².